The second-order valence-electron chi connectivity index (χ2n) is 6.62. The van der Waals surface area contributed by atoms with Gasteiger partial charge in [0.15, 0.2) is 11.8 Å². The van der Waals surface area contributed by atoms with Crippen LogP contribution < -0.4 is 15.4 Å². The highest BCUT2D eigenvalue weighted by molar-refractivity contribution is 14.0. The lowest BCUT2D eigenvalue weighted by Crippen LogP contribution is -2.37. The molecule has 9 nitrogen and oxygen atoms in total. The molecule has 3 rings (SSSR count). The number of rotatable bonds is 9. The maximum Gasteiger partial charge on any atom is 0.191 e. The molecule has 2 heterocycles. The van der Waals surface area contributed by atoms with Crippen molar-refractivity contribution in [2.24, 2.45) is 4.99 Å². The first-order chi connectivity index (χ1) is 14.7. The smallest absolute Gasteiger partial charge is 0.191 e. The molecule has 0 atom stereocenters. The van der Waals surface area contributed by atoms with E-state index >= 15 is 0 Å². The minimum atomic E-state index is 0. The fourth-order valence-corrected chi connectivity index (χ4v) is 3.03. The van der Waals surface area contributed by atoms with Crippen molar-refractivity contribution in [2.45, 2.75) is 46.7 Å². The highest BCUT2D eigenvalue weighted by Crippen LogP contribution is 2.19. The van der Waals surface area contributed by atoms with Crippen LogP contribution in [-0.4, -0.2) is 40.0 Å². The molecule has 2 aromatic heterocycles. The van der Waals surface area contributed by atoms with Crippen LogP contribution in [-0.2, 0) is 25.9 Å². The lowest BCUT2D eigenvalue weighted by atomic mass is 10.1. The monoisotopic (exact) mass is 539 g/mol. The van der Waals surface area contributed by atoms with E-state index in [0.717, 1.165) is 53.5 Å². The molecule has 0 saturated heterocycles. The van der Waals surface area contributed by atoms with Gasteiger partial charge in [-0.3, -0.25) is 5.10 Å². The molecular formula is C21H30IN7O2. The van der Waals surface area contributed by atoms with Gasteiger partial charge in [-0.25, -0.2) is 9.98 Å². The predicted molar refractivity (Wildman–Crippen MR) is 131 cm³/mol. The van der Waals surface area contributed by atoms with E-state index in [9.17, 15) is 0 Å². The van der Waals surface area contributed by atoms with E-state index in [4.69, 9.17) is 14.3 Å². The molecule has 3 N–H and O–H groups in total. The van der Waals surface area contributed by atoms with Gasteiger partial charge in [0.25, 0.3) is 0 Å². The molecule has 0 spiro atoms. The summed E-state index contributed by atoms with van der Waals surface area (Å²) < 4.78 is 10.6. The second-order valence-corrected chi connectivity index (χ2v) is 6.62. The number of halogens is 1. The summed E-state index contributed by atoms with van der Waals surface area (Å²) in [6.07, 6.45) is 1.62. The van der Waals surface area contributed by atoms with Gasteiger partial charge in [0.2, 0.25) is 0 Å². The summed E-state index contributed by atoms with van der Waals surface area (Å²) in [5.74, 6) is 3.75. The van der Waals surface area contributed by atoms with Crippen molar-refractivity contribution in [1.82, 2.24) is 31.0 Å². The lowest BCUT2D eigenvalue weighted by Gasteiger charge is -2.10. The number of nitrogens with one attached hydrogen (secondary N) is 3. The van der Waals surface area contributed by atoms with Gasteiger partial charge in [0, 0.05) is 24.1 Å². The van der Waals surface area contributed by atoms with Gasteiger partial charge >= 0.3 is 0 Å². The minimum Gasteiger partial charge on any atom is -0.497 e. The number of hydrogen-bond acceptors (Lipinski definition) is 6. The number of hydrogen-bond donors (Lipinski definition) is 3. The highest BCUT2D eigenvalue weighted by Gasteiger charge is 2.13. The zero-order valence-corrected chi connectivity index (χ0v) is 20.7. The summed E-state index contributed by atoms with van der Waals surface area (Å²) in [6.45, 7) is 7.89. The second kappa shape index (κ2) is 12.3. The standard InChI is InChI=1S/C21H29N7O2.HI/c1-5-17-16(18(6-2)30-28-17)12-23-21(22-7-3)24-13-19-25-20(27-26-19)14-8-10-15(29-4)11-9-14;/h8-11H,5-7,12-13H2,1-4H3,(H2,22,23,24)(H,25,26,27);1H. The van der Waals surface area contributed by atoms with Gasteiger partial charge in [-0.1, -0.05) is 19.0 Å². The van der Waals surface area contributed by atoms with Gasteiger partial charge in [-0.15, -0.1) is 24.0 Å². The summed E-state index contributed by atoms with van der Waals surface area (Å²) in [6, 6.07) is 7.64. The van der Waals surface area contributed by atoms with Crippen molar-refractivity contribution >= 4 is 29.9 Å². The first-order valence-corrected chi connectivity index (χ1v) is 10.2. The van der Waals surface area contributed by atoms with Crippen molar-refractivity contribution in [2.75, 3.05) is 13.7 Å². The Labute approximate surface area is 199 Å². The first-order valence-electron chi connectivity index (χ1n) is 10.2. The Morgan fingerprint density at radius 1 is 1.13 bits per heavy atom. The number of guanidine groups is 1. The molecule has 3 aromatic rings. The quantitative estimate of drug-likeness (QED) is 0.217. The van der Waals surface area contributed by atoms with Crippen molar-refractivity contribution in [3.8, 4) is 17.1 Å². The number of H-pyrrole nitrogens is 1. The molecule has 0 saturated carbocycles. The highest BCUT2D eigenvalue weighted by atomic mass is 127. The molecule has 0 aliphatic heterocycles. The van der Waals surface area contributed by atoms with Crippen LogP contribution in [0.1, 0.15) is 43.6 Å². The van der Waals surface area contributed by atoms with E-state index in [1.165, 1.54) is 0 Å². The maximum absolute atomic E-state index is 5.43. The number of ether oxygens (including phenoxy) is 1. The Morgan fingerprint density at radius 2 is 1.90 bits per heavy atom. The molecule has 10 heteroatoms. The summed E-state index contributed by atoms with van der Waals surface area (Å²) in [4.78, 5) is 9.25. The summed E-state index contributed by atoms with van der Waals surface area (Å²) in [5, 5.41) is 18.0. The molecule has 0 radical (unpaired) electrons. The van der Waals surface area contributed by atoms with Gasteiger partial charge in [0.05, 0.1) is 25.9 Å². The van der Waals surface area contributed by atoms with Crippen molar-refractivity contribution < 1.29 is 9.26 Å². The molecule has 0 amide bonds. The first kappa shape index (κ1) is 24.6. The number of aliphatic imine (C=N–C) groups is 1. The van der Waals surface area contributed by atoms with Crippen molar-refractivity contribution in [3.05, 3.63) is 47.1 Å². The molecule has 168 valence electrons. The van der Waals surface area contributed by atoms with Crippen LogP contribution in [0, 0.1) is 0 Å². The number of aromatic nitrogens is 4. The third kappa shape index (κ3) is 6.42. The molecule has 0 bridgehead atoms. The zero-order chi connectivity index (χ0) is 21.3. The molecular weight excluding hydrogens is 509 g/mol. The van der Waals surface area contributed by atoms with Crippen molar-refractivity contribution in [1.29, 1.82) is 0 Å². The average Bonchev–Trinajstić information content (AvgIpc) is 3.42. The Hall–Kier alpha value is -2.63. The summed E-state index contributed by atoms with van der Waals surface area (Å²) in [5.41, 5.74) is 2.95. The minimum absolute atomic E-state index is 0. The molecule has 1 aromatic carbocycles. The summed E-state index contributed by atoms with van der Waals surface area (Å²) >= 11 is 0. The lowest BCUT2D eigenvalue weighted by molar-refractivity contribution is 0.380. The van der Waals surface area contributed by atoms with Crippen LogP contribution in [0.15, 0.2) is 33.8 Å². The van der Waals surface area contributed by atoms with E-state index in [-0.39, 0.29) is 24.0 Å². The Balaban J connectivity index is 0.00000341. The Morgan fingerprint density at radius 3 is 2.55 bits per heavy atom. The van der Waals surface area contributed by atoms with E-state index < -0.39 is 0 Å². The van der Waals surface area contributed by atoms with Crippen LogP contribution >= 0.6 is 24.0 Å². The SMILES string of the molecule is CCNC(=NCc1c(CC)noc1CC)NCc1nc(-c2ccc(OC)cc2)n[nH]1.I. The van der Waals surface area contributed by atoms with Gasteiger partial charge in [-0.05, 0) is 37.6 Å². The third-order valence-electron chi connectivity index (χ3n) is 4.65. The van der Waals surface area contributed by atoms with Crippen molar-refractivity contribution in [3.63, 3.8) is 0 Å². The fourth-order valence-electron chi connectivity index (χ4n) is 3.03. The van der Waals surface area contributed by atoms with Crippen LogP contribution in [0.3, 0.4) is 0 Å². The predicted octanol–water partition coefficient (Wildman–Crippen LogP) is 3.47. The van der Waals surface area contributed by atoms with E-state index in [1.54, 1.807) is 7.11 Å². The molecule has 0 aliphatic carbocycles. The maximum atomic E-state index is 5.43. The number of benzene rings is 1. The van der Waals surface area contributed by atoms with Crippen LogP contribution in [0.2, 0.25) is 0 Å². The topological polar surface area (TPSA) is 113 Å². The van der Waals surface area contributed by atoms with Crippen LogP contribution in [0.5, 0.6) is 5.75 Å². The van der Waals surface area contributed by atoms with Crippen LogP contribution in [0.4, 0.5) is 0 Å². The molecule has 0 aliphatic rings. The van der Waals surface area contributed by atoms with Gasteiger partial charge in [-0.2, -0.15) is 5.10 Å². The van der Waals surface area contributed by atoms with Gasteiger partial charge in [0.1, 0.15) is 17.3 Å². The number of aromatic amines is 1. The van der Waals surface area contributed by atoms with E-state index in [2.05, 4.69) is 44.8 Å². The zero-order valence-electron chi connectivity index (χ0n) is 18.4. The van der Waals surface area contributed by atoms with E-state index in [0.29, 0.717) is 24.9 Å². The van der Waals surface area contributed by atoms with E-state index in [1.807, 2.05) is 31.2 Å². The van der Waals surface area contributed by atoms with Crippen LogP contribution in [0.25, 0.3) is 11.4 Å². The number of aryl methyl sites for hydroxylation is 2. The Kier molecular flexibility index (Phi) is 9.76. The Bertz CT molecular complexity index is 945. The molecule has 0 unspecified atom stereocenters. The largest absolute Gasteiger partial charge is 0.497 e. The third-order valence-corrected chi connectivity index (χ3v) is 4.65. The molecule has 31 heavy (non-hydrogen) atoms. The number of methoxy groups -OCH3 is 1. The normalized spacial score (nSPS) is 11.2. The molecule has 0 fully saturated rings. The summed E-state index contributed by atoms with van der Waals surface area (Å²) in [7, 11) is 1.64. The average molecular weight is 539 g/mol. The number of nitrogens with zero attached hydrogens (tertiary/aromatic N) is 4. The fraction of sp³-hybridized carbons (Fsp3) is 0.429. The van der Waals surface area contributed by atoms with Gasteiger partial charge < -0.3 is 19.9 Å².